The maximum Gasteiger partial charge on any atom is 0.239 e. The summed E-state index contributed by atoms with van der Waals surface area (Å²) in [4.78, 5) is 22.1. The van der Waals surface area contributed by atoms with Crippen molar-refractivity contribution in [3.8, 4) is 0 Å². The van der Waals surface area contributed by atoms with Gasteiger partial charge in [0.1, 0.15) is 11.6 Å². The lowest BCUT2D eigenvalue weighted by atomic mass is 9.99. The zero-order valence-corrected chi connectivity index (χ0v) is 16.2. The largest absolute Gasteiger partial charge is 0.338 e. The smallest absolute Gasteiger partial charge is 0.239 e. The van der Waals surface area contributed by atoms with E-state index in [1.165, 1.54) is 6.42 Å². The summed E-state index contributed by atoms with van der Waals surface area (Å²) in [5, 5.41) is 4.51. The summed E-state index contributed by atoms with van der Waals surface area (Å²) >= 11 is 0. The Bertz CT molecular complexity index is 599. The van der Waals surface area contributed by atoms with E-state index in [9.17, 15) is 4.79 Å². The minimum absolute atomic E-state index is 0.0374. The Balaban J connectivity index is 1.68. The van der Waals surface area contributed by atoms with Crippen LogP contribution in [0.4, 0.5) is 0 Å². The number of aryl methyl sites for hydroxylation is 2. The van der Waals surface area contributed by atoms with Gasteiger partial charge in [-0.3, -0.25) is 9.69 Å². The lowest BCUT2D eigenvalue weighted by molar-refractivity contribution is -0.140. The van der Waals surface area contributed by atoms with Crippen molar-refractivity contribution >= 4 is 5.91 Å². The predicted octanol–water partition coefficient (Wildman–Crippen LogP) is 2.54. The van der Waals surface area contributed by atoms with Crippen LogP contribution in [0, 0.1) is 13.8 Å². The van der Waals surface area contributed by atoms with Crippen LogP contribution >= 0.6 is 0 Å². The average Bonchev–Trinajstić information content (AvgIpc) is 3.20. The Hall–Kier alpha value is -1.43. The number of amides is 1. The fourth-order valence-electron chi connectivity index (χ4n) is 4.59. The summed E-state index contributed by atoms with van der Waals surface area (Å²) in [7, 11) is 0. The number of hydrogen-bond donors (Lipinski definition) is 0. The van der Waals surface area contributed by atoms with Gasteiger partial charge in [0.05, 0.1) is 12.6 Å². The van der Waals surface area contributed by atoms with E-state index >= 15 is 0 Å². The monoisotopic (exact) mass is 347 g/mol. The number of likely N-dealkylation sites (tertiary alicyclic amines) is 2. The summed E-state index contributed by atoms with van der Waals surface area (Å²) in [6.07, 6.45) is 6.93. The minimum Gasteiger partial charge on any atom is -0.338 e. The van der Waals surface area contributed by atoms with Crippen LogP contribution in [-0.2, 0) is 11.3 Å². The molecule has 140 valence electrons. The molecule has 0 aliphatic carbocycles. The molecule has 0 aromatic carbocycles. The molecule has 1 aromatic heterocycles. The van der Waals surface area contributed by atoms with Gasteiger partial charge in [-0.05, 0) is 65.8 Å². The van der Waals surface area contributed by atoms with E-state index in [0.717, 1.165) is 63.4 Å². The van der Waals surface area contributed by atoms with E-state index < -0.39 is 0 Å². The van der Waals surface area contributed by atoms with E-state index in [-0.39, 0.29) is 6.04 Å². The molecule has 3 rings (SSSR count). The van der Waals surface area contributed by atoms with Gasteiger partial charge in [0, 0.05) is 18.6 Å². The van der Waals surface area contributed by atoms with Gasteiger partial charge in [-0.15, -0.1) is 0 Å². The van der Waals surface area contributed by atoms with Crippen LogP contribution in [0.5, 0.6) is 0 Å². The molecule has 6 nitrogen and oxygen atoms in total. The molecular weight excluding hydrogens is 314 g/mol. The fraction of sp³-hybridized carbons (Fsp3) is 0.842. The molecule has 3 atom stereocenters. The normalized spacial score (nSPS) is 26.2. The molecule has 0 bridgehead atoms. The maximum absolute atomic E-state index is 13.2. The van der Waals surface area contributed by atoms with Crippen molar-refractivity contribution < 1.29 is 4.79 Å². The highest BCUT2D eigenvalue weighted by molar-refractivity contribution is 5.82. The third-order valence-corrected chi connectivity index (χ3v) is 6.01. The number of hydrogen-bond acceptors (Lipinski definition) is 4. The van der Waals surface area contributed by atoms with Crippen LogP contribution in [0.3, 0.4) is 0 Å². The second kappa shape index (κ2) is 7.85. The Labute approximate surface area is 151 Å². The zero-order valence-electron chi connectivity index (χ0n) is 16.2. The Kier molecular flexibility index (Phi) is 5.77. The molecule has 2 fully saturated rings. The fourth-order valence-corrected chi connectivity index (χ4v) is 4.59. The van der Waals surface area contributed by atoms with Crippen LogP contribution in [0.15, 0.2) is 0 Å². The average molecular weight is 348 g/mol. The third-order valence-electron chi connectivity index (χ3n) is 6.01. The SMILES string of the molecule is CC[C@@H]1CCCCN1C(=O)[C@@H](C)N1CCC[C@H]1Cn1nc(C)nc1C. The van der Waals surface area contributed by atoms with E-state index in [2.05, 4.69) is 33.7 Å². The summed E-state index contributed by atoms with van der Waals surface area (Å²) in [5.41, 5.74) is 0. The van der Waals surface area contributed by atoms with Crippen molar-refractivity contribution in [2.24, 2.45) is 0 Å². The van der Waals surface area contributed by atoms with Crippen molar-refractivity contribution in [2.75, 3.05) is 13.1 Å². The molecule has 3 heterocycles. The predicted molar refractivity (Wildman–Crippen MR) is 98.3 cm³/mol. The molecular formula is C19H33N5O. The summed E-state index contributed by atoms with van der Waals surface area (Å²) in [5.74, 6) is 2.11. The van der Waals surface area contributed by atoms with Crippen LogP contribution < -0.4 is 0 Å². The highest BCUT2D eigenvalue weighted by atomic mass is 16.2. The van der Waals surface area contributed by atoms with Gasteiger partial charge < -0.3 is 4.90 Å². The van der Waals surface area contributed by atoms with Crippen LogP contribution in [0.2, 0.25) is 0 Å². The van der Waals surface area contributed by atoms with Crippen molar-refractivity contribution in [2.45, 2.75) is 90.9 Å². The highest BCUT2D eigenvalue weighted by Gasteiger charge is 2.36. The molecule has 25 heavy (non-hydrogen) atoms. The van der Waals surface area contributed by atoms with Crippen molar-refractivity contribution in [3.05, 3.63) is 11.6 Å². The standard InChI is InChI=1S/C19H33N5O/c1-5-17-9-6-7-11-23(17)19(25)14(2)22-12-8-10-18(22)13-24-16(4)20-15(3)21-24/h14,17-18H,5-13H2,1-4H3/t14-,17-,18+/m1/s1. The third kappa shape index (κ3) is 3.89. The van der Waals surface area contributed by atoms with Gasteiger partial charge in [-0.1, -0.05) is 6.92 Å². The van der Waals surface area contributed by atoms with Gasteiger partial charge in [0.2, 0.25) is 5.91 Å². The molecule has 0 spiro atoms. The number of carbonyl (C=O) groups is 1. The zero-order chi connectivity index (χ0) is 18.0. The molecule has 1 amide bonds. The lowest BCUT2D eigenvalue weighted by Crippen LogP contribution is -2.53. The number of piperidine rings is 1. The maximum atomic E-state index is 13.2. The first kappa shape index (κ1) is 18.4. The number of rotatable bonds is 5. The van der Waals surface area contributed by atoms with Crippen molar-refractivity contribution in [1.29, 1.82) is 0 Å². The molecule has 2 saturated heterocycles. The summed E-state index contributed by atoms with van der Waals surface area (Å²) < 4.78 is 2.01. The lowest BCUT2D eigenvalue weighted by Gasteiger charge is -2.40. The number of nitrogens with zero attached hydrogens (tertiary/aromatic N) is 5. The molecule has 2 aliphatic rings. The first-order valence-corrected chi connectivity index (χ1v) is 9.95. The van der Waals surface area contributed by atoms with Crippen LogP contribution in [0.25, 0.3) is 0 Å². The highest BCUT2D eigenvalue weighted by Crippen LogP contribution is 2.26. The van der Waals surface area contributed by atoms with E-state index in [1.807, 2.05) is 18.5 Å². The van der Waals surface area contributed by atoms with Crippen LogP contribution in [0.1, 0.15) is 64.0 Å². The van der Waals surface area contributed by atoms with Gasteiger partial charge in [0.15, 0.2) is 0 Å². The van der Waals surface area contributed by atoms with Crippen molar-refractivity contribution in [3.63, 3.8) is 0 Å². The molecule has 0 radical (unpaired) electrons. The number of aromatic nitrogens is 3. The first-order chi connectivity index (χ1) is 12.0. The van der Waals surface area contributed by atoms with Crippen molar-refractivity contribution in [1.82, 2.24) is 24.6 Å². The second-order valence-corrected chi connectivity index (χ2v) is 7.69. The van der Waals surface area contributed by atoms with E-state index in [0.29, 0.717) is 18.0 Å². The summed E-state index contributed by atoms with van der Waals surface area (Å²) in [6.45, 7) is 11.0. The molecule has 1 aromatic rings. The van der Waals surface area contributed by atoms with Crippen LogP contribution in [-0.4, -0.2) is 61.7 Å². The molecule has 0 saturated carbocycles. The summed E-state index contributed by atoms with van der Waals surface area (Å²) in [6, 6.07) is 0.776. The van der Waals surface area contributed by atoms with E-state index in [4.69, 9.17) is 0 Å². The molecule has 0 unspecified atom stereocenters. The number of carbonyl (C=O) groups excluding carboxylic acids is 1. The molecule has 0 N–H and O–H groups in total. The van der Waals surface area contributed by atoms with E-state index in [1.54, 1.807) is 0 Å². The Morgan fingerprint density at radius 3 is 2.60 bits per heavy atom. The van der Waals surface area contributed by atoms with Gasteiger partial charge >= 0.3 is 0 Å². The van der Waals surface area contributed by atoms with Gasteiger partial charge in [0.25, 0.3) is 0 Å². The molecule has 6 heteroatoms. The van der Waals surface area contributed by atoms with Gasteiger partial charge in [-0.2, -0.15) is 5.10 Å². The molecule has 2 aliphatic heterocycles. The topological polar surface area (TPSA) is 54.3 Å². The van der Waals surface area contributed by atoms with Gasteiger partial charge in [-0.25, -0.2) is 9.67 Å². The Morgan fingerprint density at radius 1 is 1.16 bits per heavy atom. The quantitative estimate of drug-likeness (QED) is 0.821. The Morgan fingerprint density at radius 2 is 1.92 bits per heavy atom. The first-order valence-electron chi connectivity index (χ1n) is 9.95. The second-order valence-electron chi connectivity index (χ2n) is 7.69. The minimum atomic E-state index is -0.0374.